The second-order valence-electron chi connectivity index (χ2n) is 7.17. The van der Waals surface area contributed by atoms with Gasteiger partial charge in [-0.2, -0.15) is 5.26 Å². The molecule has 1 aliphatic carbocycles. The summed E-state index contributed by atoms with van der Waals surface area (Å²) in [4.78, 5) is 22.4. The number of nitrogens with zero attached hydrogens (tertiary/aromatic N) is 2. The molecule has 2 aromatic heterocycles. The Morgan fingerprint density at radius 2 is 2.24 bits per heavy atom. The van der Waals surface area contributed by atoms with Gasteiger partial charge in [0.15, 0.2) is 18.1 Å². The first-order valence-corrected chi connectivity index (χ1v) is 10.3. The molecule has 1 N–H and O–H groups in total. The minimum atomic E-state index is -0.0699. The topological polar surface area (TPSA) is 88.0 Å². The summed E-state index contributed by atoms with van der Waals surface area (Å²) in [6.07, 6.45) is 6.75. The van der Waals surface area contributed by atoms with E-state index in [2.05, 4.69) is 16.9 Å². The Labute approximate surface area is 172 Å². The molecule has 1 aliphatic rings. The Bertz CT molecular complexity index is 1190. The van der Waals surface area contributed by atoms with Gasteiger partial charge in [-0.15, -0.1) is 11.3 Å². The average molecular weight is 407 g/mol. The van der Waals surface area contributed by atoms with Crippen LogP contribution >= 0.6 is 11.3 Å². The van der Waals surface area contributed by atoms with Crippen LogP contribution in [0.15, 0.2) is 23.0 Å². The van der Waals surface area contributed by atoms with Crippen LogP contribution in [0.2, 0.25) is 0 Å². The molecule has 0 aliphatic heterocycles. The summed E-state index contributed by atoms with van der Waals surface area (Å²) < 4.78 is 10.7. The number of nitriles is 1. The maximum atomic E-state index is 12.7. The number of benzene rings is 1. The number of aryl methyl sites for hydroxylation is 1. The summed E-state index contributed by atoms with van der Waals surface area (Å²) in [6, 6.07) is 7.36. The molecule has 0 saturated carbocycles. The van der Waals surface area contributed by atoms with E-state index in [1.54, 1.807) is 30.6 Å². The molecule has 6 nitrogen and oxygen atoms in total. The zero-order valence-electron chi connectivity index (χ0n) is 16.3. The lowest BCUT2D eigenvalue weighted by molar-refractivity contribution is 0.329. The Morgan fingerprint density at radius 3 is 3.03 bits per heavy atom. The molecule has 0 spiro atoms. The Morgan fingerprint density at radius 1 is 1.38 bits per heavy atom. The number of methoxy groups -OCH3 is 1. The van der Waals surface area contributed by atoms with Gasteiger partial charge in [0.05, 0.1) is 12.5 Å². The molecule has 1 aromatic carbocycles. The van der Waals surface area contributed by atoms with Crippen molar-refractivity contribution >= 4 is 33.7 Å². The van der Waals surface area contributed by atoms with Crippen molar-refractivity contribution < 1.29 is 9.47 Å². The number of ether oxygens (including phenoxy) is 2. The van der Waals surface area contributed by atoms with Crippen molar-refractivity contribution in [1.82, 2.24) is 9.97 Å². The highest BCUT2D eigenvalue weighted by Crippen LogP contribution is 2.35. The van der Waals surface area contributed by atoms with E-state index < -0.39 is 0 Å². The third-order valence-corrected chi connectivity index (χ3v) is 6.25. The van der Waals surface area contributed by atoms with Gasteiger partial charge in [-0.1, -0.05) is 19.1 Å². The SMILES string of the molecule is COc1cc(/C=C/c2nc3sc4c(c3c(=O)[nH]2)CC[C@H](C)C4)ccc1OCC#N. The molecule has 4 rings (SSSR count). The van der Waals surface area contributed by atoms with E-state index in [1.165, 1.54) is 10.4 Å². The van der Waals surface area contributed by atoms with Crippen LogP contribution in [0.25, 0.3) is 22.4 Å². The Balaban J connectivity index is 1.63. The number of H-pyrrole nitrogens is 1. The van der Waals surface area contributed by atoms with E-state index in [4.69, 9.17) is 14.7 Å². The molecule has 0 amide bonds. The summed E-state index contributed by atoms with van der Waals surface area (Å²) in [6.45, 7) is 2.21. The standard InChI is InChI=1S/C22H21N3O3S/c1-13-3-6-15-18(11-13)29-22-20(15)21(26)24-19(25-22)8-5-14-4-7-16(28-10-9-23)17(12-14)27-2/h4-5,7-8,12-13H,3,6,10-11H2,1-2H3,(H,24,25,26)/b8-5+/t13-/m0/s1. The molecule has 2 heterocycles. The van der Waals surface area contributed by atoms with Gasteiger partial charge >= 0.3 is 0 Å². The number of hydrogen-bond acceptors (Lipinski definition) is 6. The molecule has 0 radical (unpaired) electrons. The third-order valence-electron chi connectivity index (χ3n) is 5.10. The summed E-state index contributed by atoms with van der Waals surface area (Å²) in [5.74, 6) is 2.24. The number of aromatic nitrogens is 2. The molecule has 0 bridgehead atoms. The highest BCUT2D eigenvalue weighted by molar-refractivity contribution is 7.18. The molecule has 1 atom stereocenters. The lowest BCUT2D eigenvalue weighted by atomic mass is 9.89. The van der Waals surface area contributed by atoms with Gasteiger partial charge in [0.1, 0.15) is 16.7 Å². The van der Waals surface area contributed by atoms with Crippen molar-refractivity contribution in [3.8, 4) is 17.6 Å². The largest absolute Gasteiger partial charge is 0.493 e. The van der Waals surface area contributed by atoms with Gasteiger partial charge in [-0.05, 0) is 54.5 Å². The zero-order valence-corrected chi connectivity index (χ0v) is 17.1. The average Bonchev–Trinajstić information content (AvgIpc) is 3.08. The van der Waals surface area contributed by atoms with Crippen molar-refractivity contribution in [3.05, 3.63) is 50.4 Å². The molecule has 148 valence electrons. The van der Waals surface area contributed by atoms with Gasteiger partial charge in [-0.3, -0.25) is 4.79 Å². The summed E-state index contributed by atoms with van der Waals surface area (Å²) in [5.41, 5.74) is 1.98. The monoisotopic (exact) mass is 407 g/mol. The van der Waals surface area contributed by atoms with Crippen molar-refractivity contribution in [1.29, 1.82) is 5.26 Å². The molecule has 3 aromatic rings. The Hall–Kier alpha value is -3.11. The van der Waals surface area contributed by atoms with E-state index in [0.717, 1.165) is 35.0 Å². The number of rotatable bonds is 5. The van der Waals surface area contributed by atoms with Crippen LogP contribution in [0, 0.1) is 17.2 Å². The van der Waals surface area contributed by atoms with E-state index in [0.29, 0.717) is 23.2 Å². The first-order chi connectivity index (χ1) is 14.1. The molecule has 29 heavy (non-hydrogen) atoms. The third kappa shape index (κ3) is 3.89. The predicted molar refractivity (Wildman–Crippen MR) is 114 cm³/mol. The van der Waals surface area contributed by atoms with Crippen LogP contribution in [-0.4, -0.2) is 23.7 Å². The van der Waals surface area contributed by atoms with Crippen LogP contribution in [-0.2, 0) is 12.8 Å². The summed E-state index contributed by atoms with van der Waals surface area (Å²) in [7, 11) is 1.55. The first kappa shape index (κ1) is 19.2. The quantitative estimate of drug-likeness (QED) is 0.685. The second kappa shape index (κ2) is 8.10. The van der Waals surface area contributed by atoms with Crippen LogP contribution < -0.4 is 15.0 Å². The van der Waals surface area contributed by atoms with Gasteiger partial charge in [0.25, 0.3) is 5.56 Å². The van der Waals surface area contributed by atoms with Crippen LogP contribution in [0.3, 0.4) is 0 Å². The van der Waals surface area contributed by atoms with Gasteiger partial charge < -0.3 is 14.5 Å². The molecule has 0 saturated heterocycles. The van der Waals surface area contributed by atoms with Crippen LogP contribution in [0.5, 0.6) is 11.5 Å². The number of fused-ring (bicyclic) bond motifs is 3. The van der Waals surface area contributed by atoms with E-state index in [9.17, 15) is 4.79 Å². The zero-order chi connectivity index (χ0) is 20.4. The highest BCUT2D eigenvalue weighted by atomic mass is 32.1. The summed E-state index contributed by atoms with van der Waals surface area (Å²) >= 11 is 1.64. The molecule has 0 unspecified atom stereocenters. The van der Waals surface area contributed by atoms with Crippen LogP contribution in [0.4, 0.5) is 0 Å². The van der Waals surface area contributed by atoms with Crippen LogP contribution in [0.1, 0.15) is 35.2 Å². The maximum Gasteiger partial charge on any atom is 0.260 e. The van der Waals surface area contributed by atoms with Crippen molar-refractivity contribution in [2.45, 2.75) is 26.2 Å². The summed E-state index contributed by atoms with van der Waals surface area (Å²) in [5, 5.41) is 9.42. The van der Waals surface area contributed by atoms with E-state index in [1.807, 2.05) is 24.3 Å². The number of thiophene rings is 1. The van der Waals surface area contributed by atoms with Crippen molar-refractivity contribution in [2.75, 3.05) is 13.7 Å². The molecular weight excluding hydrogens is 386 g/mol. The highest BCUT2D eigenvalue weighted by Gasteiger charge is 2.22. The fourth-order valence-electron chi connectivity index (χ4n) is 3.64. The Kier molecular flexibility index (Phi) is 5.36. The molecule has 0 fully saturated rings. The maximum absolute atomic E-state index is 12.7. The molecular formula is C22H21N3O3S. The van der Waals surface area contributed by atoms with Crippen molar-refractivity contribution in [3.63, 3.8) is 0 Å². The first-order valence-electron chi connectivity index (χ1n) is 9.49. The van der Waals surface area contributed by atoms with Gasteiger partial charge in [0, 0.05) is 4.88 Å². The minimum Gasteiger partial charge on any atom is -0.493 e. The lowest BCUT2D eigenvalue weighted by Crippen LogP contribution is -2.13. The fraction of sp³-hybridized carbons (Fsp3) is 0.318. The normalized spacial score (nSPS) is 16.0. The minimum absolute atomic E-state index is 0.0414. The van der Waals surface area contributed by atoms with Crippen molar-refractivity contribution in [2.24, 2.45) is 5.92 Å². The van der Waals surface area contributed by atoms with Gasteiger partial charge in [0.2, 0.25) is 0 Å². The van der Waals surface area contributed by atoms with E-state index in [-0.39, 0.29) is 12.2 Å². The second-order valence-corrected chi connectivity index (χ2v) is 8.26. The lowest BCUT2D eigenvalue weighted by Gasteiger charge is -2.17. The predicted octanol–water partition coefficient (Wildman–Crippen LogP) is 4.19. The van der Waals surface area contributed by atoms with Gasteiger partial charge in [-0.25, -0.2) is 4.98 Å². The smallest absolute Gasteiger partial charge is 0.260 e. The number of aromatic amines is 1. The number of hydrogen-bond donors (Lipinski definition) is 1. The fourth-order valence-corrected chi connectivity index (χ4v) is 5.03. The number of nitrogens with one attached hydrogen (secondary N) is 1. The van der Waals surface area contributed by atoms with E-state index >= 15 is 0 Å². The molecule has 7 heteroatoms.